The molecule has 5 heteroatoms. The molecule has 3 nitrogen and oxygen atoms in total. The van der Waals surface area contributed by atoms with Crippen LogP contribution in [-0.2, 0) is 5.75 Å². The van der Waals surface area contributed by atoms with Crippen molar-refractivity contribution in [2.75, 3.05) is 13.1 Å². The molecule has 1 heterocycles. The number of halogens is 1. The molecule has 0 fully saturated rings. The van der Waals surface area contributed by atoms with Gasteiger partial charge in [-0.2, -0.15) is 5.26 Å². The van der Waals surface area contributed by atoms with E-state index in [1.165, 1.54) is 17.8 Å². The van der Waals surface area contributed by atoms with E-state index in [1.54, 1.807) is 12.1 Å². The Labute approximate surface area is 97.4 Å². The summed E-state index contributed by atoms with van der Waals surface area (Å²) in [6.45, 7) is 1.65. The number of thioether (sulfide) groups is 1. The van der Waals surface area contributed by atoms with E-state index in [9.17, 15) is 4.39 Å². The van der Waals surface area contributed by atoms with E-state index in [0.717, 1.165) is 18.3 Å². The van der Waals surface area contributed by atoms with Crippen LogP contribution in [0, 0.1) is 17.1 Å². The second kappa shape index (κ2) is 4.99. The number of nitrogens with zero attached hydrogens (tertiary/aromatic N) is 2. The molecule has 1 aromatic rings. The van der Waals surface area contributed by atoms with Crippen molar-refractivity contribution in [1.82, 2.24) is 5.32 Å². The lowest BCUT2D eigenvalue weighted by Crippen LogP contribution is -2.15. The molecule has 0 unspecified atom stereocenters. The minimum Gasteiger partial charge on any atom is -0.363 e. The van der Waals surface area contributed by atoms with E-state index < -0.39 is 0 Å². The molecule has 1 aromatic carbocycles. The number of hydrogen-bond acceptors (Lipinski definition) is 4. The van der Waals surface area contributed by atoms with Gasteiger partial charge in [-0.15, -0.1) is 0 Å². The highest BCUT2D eigenvalue weighted by Crippen LogP contribution is 2.18. The van der Waals surface area contributed by atoms with E-state index in [2.05, 4.69) is 10.3 Å². The molecule has 0 radical (unpaired) electrons. The number of benzene rings is 1. The highest BCUT2D eigenvalue weighted by molar-refractivity contribution is 8.13. The average molecular weight is 235 g/mol. The summed E-state index contributed by atoms with van der Waals surface area (Å²) >= 11 is 1.48. The van der Waals surface area contributed by atoms with E-state index in [4.69, 9.17) is 5.26 Å². The van der Waals surface area contributed by atoms with Crippen LogP contribution >= 0.6 is 11.8 Å². The molecular formula is C11H10FN3S. The fraction of sp³-hybridized carbons (Fsp3) is 0.273. The van der Waals surface area contributed by atoms with Crippen LogP contribution in [0.15, 0.2) is 23.2 Å². The standard InChI is InChI=1S/C11H10FN3S/c12-10-5-8(6-13)1-2-9(10)7-16-11-14-3-4-15-11/h1-2,5H,3-4,7H2,(H,14,15). The van der Waals surface area contributed by atoms with Crippen LogP contribution in [0.2, 0.25) is 0 Å². The zero-order valence-electron chi connectivity index (χ0n) is 8.53. The van der Waals surface area contributed by atoms with Crippen LogP contribution in [-0.4, -0.2) is 18.3 Å². The Morgan fingerprint density at radius 3 is 3.06 bits per heavy atom. The lowest BCUT2D eigenvalue weighted by molar-refractivity contribution is 0.617. The van der Waals surface area contributed by atoms with Crippen molar-refractivity contribution < 1.29 is 4.39 Å². The normalized spacial score (nSPS) is 14.1. The number of hydrogen-bond donors (Lipinski definition) is 1. The number of amidine groups is 1. The Kier molecular flexibility index (Phi) is 3.42. The van der Waals surface area contributed by atoms with Crippen molar-refractivity contribution in [2.24, 2.45) is 4.99 Å². The number of rotatable bonds is 2. The first-order chi connectivity index (χ1) is 7.79. The Morgan fingerprint density at radius 2 is 2.44 bits per heavy atom. The molecule has 1 aliphatic rings. The van der Waals surface area contributed by atoms with Crippen LogP contribution < -0.4 is 5.32 Å². The molecule has 0 amide bonds. The minimum absolute atomic E-state index is 0.329. The molecule has 0 saturated heterocycles. The summed E-state index contributed by atoms with van der Waals surface area (Å²) in [4.78, 5) is 4.21. The fourth-order valence-electron chi connectivity index (χ4n) is 1.35. The summed E-state index contributed by atoms with van der Waals surface area (Å²) in [5.74, 6) is 0.203. The van der Waals surface area contributed by atoms with Crippen LogP contribution in [0.5, 0.6) is 0 Å². The monoisotopic (exact) mass is 235 g/mol. The lowest BCUT2D eigenvalue weighted by Gasteiger charge is -2.03. The molecule has 0 atom stereocenters. The molecule has 0 aromatic heterocycles. The van der Waals surface area contributed by atoms with Crippen molar-refractivity contribution in [3.05, 3.63) is 35.1 Å². The molecule has 16 heavy (non-hydrogen) atoms. The van der Waals surface area contributed by atoms with Crippen LogP contribution in [0.3, 0.4) is 0 Å². The van der Waals surface area contributed by atoms with Gasteiger partial charge in [-0.1, -0.05) is 17.8 Å². The highest BCUT2D eigenvalue weighted by atomic mass is 32.2. The predicted octanol–water partition coefficient (Wildman–Crippen LogP) is 1.89. The molecule has 1 N–H and O–H groups in total. The van der Waals surface area contributed by atoms with Gasteiger partial charge in [-0.3, -0.25) is 4.99 Å². The third-order valence-electron chi connectivity index (χ3n) is 2.19. The molecule has 82 valence electrons. The Bertz CT molecular complexity index is 465. The largest absolute Gasteiger partial charge is 0.363 e. The van der Waals surface area contributed by atoms with Gasteiger partial charge < -0.3 is 5.32 Å². The van der Waals surface area contributed by atoms with Crippen LogP contribution in [0.1, 0.15) is 11.1 Å². The first-order valence-electron chi connectivity index (χ1n) is 4.89. The molecule has 1 aliphatic heterocycles. The topological polar surface area (TPSA) is 48.2 Å². The zero-order valence-corrected chi connectivity index (χ0v) is 9.35. The van der Waals surface area contributed by atoms with Gasteiger partial charge in [0.05, 0.1) is 18.2 Å². The van der Waals surface area contributed by atoms with Gasteiger partial charge in [-0.05, 0) is 17.7 Å². The van der Waals surface area contributed by atoms with Gasteiger partial charge in [0, 0.05) is 12.3 Å². The Balaban J connectivity index is 2.02. The van der Waals surface area contributed by atoms with Crippen molar-refractivity contribution in [3.63, 3.8) is 0 Å². The number of nitrogens with one attached hydrogen (secondary N) is 1. The number of nitriles is 1. The summed E-state index contributed by atoms with van der Waals surface area (Å²) in [7, 11) is 0. The van der Waals surface area contributed by atoms with Gasteiger partial charge >= 0.3 is 0 Å². The van der Waals surface area contributed by atoms with Crippen LogP contribution in [0.4, 0.5) is 4.39 Å². The van der Waals surface area contributed by atoms with Crippen molar-refractivity contribution in [2.45, 2.75) is 5.75 Å². The maximum Gasteiger partial charge on any atom is 0.157 e. The maximum atomic E-state index is 13.5. The summed E-state index contributed by atoms with van der Waals surface area (Å²) in [5, 5.41) is 12.6. The summed E-state index contributed by atoms with van der Waals surface area (Å²) in [6.07, 6.45) is 0. The molecular weight excluding hydrogens is 225 g/mol. The second-order valence-electron chi connectivity index (χ2n) is 3.32. The smallest absolute Gasteiger partial charge is 0.157 e. The third-order valence-corrected chi connectivity index (χ3v) is 3.19. The van der Waals surface area contributed by atoms with Gasteiger partial charge in [0.2, 0.25) is 0 Å². The highest BCUT2D eigenvalue weighted by Gasteiger charge is 2.08. The van der Waals surface area contributed by atoms with Crippen LogP contribution in [0.25, 0.3) is 0 Å². The Hall–Kier alpha value is -1.54. The lowest BCUT2D eigenvalue weighted by atomic mass is 10.1. The summed E-state index contributed by atoms with van der Waals surface area (Å²) < 4.78 is 13.5. The first kappa shape index (κ1) is 11.0. The SMILES string of the molecule is N#Cc1ccc(CSC2=NCCN2)c(F)c1. The average Bonchev–Trinajstić information content (AvgIpc) is 2.80. The quantitative estimate of drug-likeness (QED) is 0.851. The van der Waals surface area contributed by atoms with E-state index in [1.807, 2.05) is 6.07 Å². The molecule has 0 aliphatic carbocycles. The summed E-state index contributed by atoms with van der Waals surface area (Å²) in [5.41, 5.74) is 0.947. The third kappa shape index (κ3) is 2.52. The minimum atomic E-state index is -0.329. The maximum absolute atomic E-state index is 13.5. The summed E-state index contributed by atoms with van der Waals surface area (Å²) in [6, 6.07) is 6.45. The second-order valence-corrected chi connectivity index (χ2v) is 4.28. The molecule has 0 spiro atoms. The fourth-order valence-corrected chi connectivity index (χ4v) is 2.27. The van der Waals surface area contributed by atoms with Gasteiger partial charge in [-0.25, -0.2) is 4.39 Å². The Morgan fingerprint density at radius 1 is 1.56 bits per heavy atom. The van der Waals surface area contributed by atoms with Crippen molar-refractivity contribution in [3.8, 4) is 6.07 Å². The first-order valence-corrected chi connectivity index (χ1v) is 5.88. The van der Waals surface area contributed by atoms with E-state index in [0.29, 0.717) is 16.9 Å². The molecule has 0 bridgehead atoms. The van der Waals surface area contributed by atoms with Crippen molar-refractivity contribution >= 4 is 16.9 Å². The molecule has 2 rings (SSSR count). The predicted molar refractivity (Wildman–Crippen MR) is 62.7 cm³/mol. The van der Waals surface area contributed by atoms with Crippen molar-refractivity contribution in [1.29, 1.82) is 5.26 Å². The van der Waals surface area contributed by atoms with Gasteiger partial charge in [0.1, 0.15) is 5.82 Å². The number of aliphatic imine (C=N–C) groups is 1. The van der Waals surface area contributed by atoms with E-state index in [-0.39, 0.29) is 5.82 Å². The van der Waals surface area contributed by atoms with Gasteiger partial charge in [0.15, 0.2) is 5.17 Å². The van der Waals surface area contributed by atoms with Gasteiger partial charge in [0.25, 0.3) is 0 Å². The molecule has 0 saturated carbocycles. The zero-order chi connectivity index (χ0) is 11.4. The van der Waals surface area contributed by atoms with E-state index >= 15 is 0 Å².